The summed E-state index contributed by atoms with van der Waals surface area (Å²) in [7, 11) is 0. The van der Waals surface area contributed by atoms with Crippen LogP contribution in [0.4, 0.5) is 9.18 Å². The van der Waals surface area contributed by atoms with Crippen molar-refractivity contribution in [1.29, 1.82) is 0 Å². The van der Waals surface area contributed by atoms with Crippen LogP contribution in [0.25, 0.3) is 0 Å². The normalized spacial score (nSPS) is 16.5. The minimum Gasteiger partial charge on any atom is -0.330 e. The van der Waals surface area contributed by atoms with Crippen LogP contribution in [0, 0.1) is 5.82 Å². The standard InChI is InChI=1S/C15H18Cl4FNOS/c1-14(18,7-16)9-21(10-15(2,19)8-17)13(22)23-12-5-3-11(20)4-6-12/h3-6H,7-10H2,1-2H3. The predicted octanol–water partition coefficient (Wildman–Crippen LogP) is 5.81. The molecule has 1 rings (SSSR count). The Labute approximate surface area is 160 Å². The maximum absolute atomic E-state index is 13.0. The van der Waals surface area contributed by atoms with Crippen LogP contribution in [0.1, 0.15) is 13.8 Å². The zero-order chi connectivity index (χ0) is 17.7. The summed E-state index contributed by atoms with van der Waals surface area (Å²) < 4.78 is 13.0. The molecule has 2 atom stereocenters. The third kappa shape index (κ3) is 7.70. The lowest BCUT2D eigenvalue weighted by Gasteiger charge is -2.33. The molecule has 130 valence electrons. The van der Waals surface area contributed by atoms with E-state index in [1.54, 1.807) is 26.0 Å². The number of amides is 1. The zero-order valence-corrected chi connectivity index (χ0v) is 16.6. The van der Waals surface area contributed by atoms with Gasteiger partial charge in [-0.25, -0.2) is 4.39 Å². The smallest absolute Gasteiger partial charge is 0.286 e. The van der Waals surface area contributed by atoms with E-state index < -0.39 is 9.75 Å². The lowest BCUT2D eigenvalue weighted by atomic mass is 10.1. The van der Waals surface area contributed by atoms with Gasteiger partial charge in [-0.05, 0) is 49.9 Å². The maximum Gasteiger partial charge on any atom is 0.286 e. The van der Waals surface area contributed by atoms with Crippen molar-refractivity contribution in [1.82, 2.24) is 4.90 Å². The molecule has 0 saturated carbocycles. The quantitative estimate of drug-likeness (QED) is 0.409. The Bertz CT molecular complexity index is 507. The van der Waals surface area contributed by atoms with Gasteiger partial charge < -0.3 is 4.90 Å². The minimum atomic E-state index is -0.778. The Kier molecular flexibility index (Phi) is 8.29. The maximum atomic E-state index is 13.0. The molecule has 0 aromatic heterocycles. The largest absolute Gasteiger partial charge is 0.330 e. The fourth-order valence-corrected chi connectivity index (χ4v) is 2.92. The first-order chi connectivity index (χ1) is 10.6. The van der Waals surface area contributed by atoms with E-state index in [-0.39, 0.29) is 35.9 Å². The van der Waals surface area contributed by atoms with Crippen LogP contribution >= 0.6 is 58.2 Å². The molecule has 0 aliphatic rings. The highest BCUT2D eigenvalue weighted by Crippen LogP contribution is 2.28. The molecule has 0 radical (unpaired) electrons. The monoisotopic (exact) mass is 419 g/mol. The van der Waals surface area contributed by atoms with Crippen molar-refractivity contribution in [2.75, 3.05) is 24.8 Å². The highest BCUT2D eigenvalue weighted by Gasteiger charge is 2.32. The average molecular weight is 421 g/mol. The number of nitrogens with zero attached hydrogens (tertiary/aromatic N) is 1. The fourth-order valence-electron chi connectivity index (χ4n) is 1.73. The van der Waals surface area contributed by atoms with E-state index in [2.05, 4.69) is 0 Å². The van der Waals surface area contributed by atoms with Gasteiger partial charge in [0, 0.05) is 29.7 Å². The van der Waals surface area contributed by atoms with E-state index in [4.69, 9.17) is 46.4 Å². The number of benzene rings is 1. The van der Waals surface area contributed by atoms with Gasteiger partial charge >= 0.3 is 0 Å². The van der Waals surface area contributed by atoms with Crippen molar-refractivity contribution in [3.8, 4) is 0 Å². The molecule has 0 spiro atoms. The summed E-state index contributed by atoms with van der Waals surface area (Å²) in [4.78, 5) is 13.2. The molecule has 0 fully saturated rings. The second-order valence-corrected chi connectivity index (χ2v) is 9.16. The number of hydrogen-bond donors (Lipinski definition) is 0. The van der Waals surface area contributed by atoms with E-state index in [9.17, 15) is 9.18 Å². The fraction of sp³-hybridized carbons (Fsp3) is 0.533. The molecular weight excluding hydrogens is 403 g/mol. The Balaban J connectivity index is 2.88. The molecule has 0 aliphatic carbocycles. The summed E-state index contributed by atoms with van der Waals surface area (Å²) in [5.74, 6) is 0.00312. The van der Waals surface area contributed by atoms with Crippen LogP contribution in [-0.4, -0.2) is 44.7 Å². The van der Waals surface area contributed by atoms with Crippen LogP contribution in [0.15, 0.2) is 29.2 Å². The molecule has 0 N–H and O–H groups in total. The van der Waals surface area contributed by atoms with Crippen molar-refractivity contribution < 1.29 is 9.18 Å². The Morgan fingerprint density at radius 1 is 1.09 bits per heavy atom. The van der Waals surface area contributed by atoms with E-state index in [0.29, 0.717) is 4.90 Å². The van der Waals surface area contributed by atoms with Crippen LogP contribution in [0.2, 0.25) is 0 Å². The van der Waals surface area contributed by atoms with Gasteiger partial charge in [-0.2, -0.15) is 0 Å². The van der Waals surface area contributed by atoms with Crippen LogP contribution in [-0.2, 0) is 0 Å². The van der Waals surface area contributed by atoms with Crippen molar-refractivity contribution in [2.45, 2.75) is 28.5 Å². The molecule has 0 heterocycles. The Hall–Kier alpha value is 0.130. The molecule has 1 aromatic rings. The highest BCUT2D eigenvalue weighted by molar-refractivity contribution is 8.13. The number of alkyl halides is 4. The average Bonchev–Trinajstić information content (AvgIpc) is 2.48. The Morgan fingerprint density at radius 2 is 1.52 bits per heavy atom. The van der Waals surface area contributed by atoms with Crippen LogP contribution < -0.4 is 0 Å². The van der Waals surface area contributed by atoms with E-state index >= 15 is 0 Å². The lowest BCUT2D eigenvalue weighted by molar-refractivity contribution is 0.213. The van der Waals surface area contributed by atoms with Gasteiger partial charge in [-0.3, -0.25) is 4.79 Å². The number of thioether (sulfide) groups is 1. The van der Waals surface area contributed by atoms with Gasteiger partial charge in [0.15, 0.2) is 0 Å². The molecule has 1 amide bonds. The number of halogens is 5. The molecule has 1 aromatic carbocycles. The first-order valence-corrected chi connectivity index (χ1v) is 9.45. The van der Waals surface area contributed by atoms with E-state index in [0.717, 1.165) is 11.8 Å². The second-order valence-electron chi connectivity index (χ2n) is 5.77. The Morgan fingerprint density at radius 3 is 1.91 bits per heavy atom. The number of carbonyl (C=O) groups excluding carboxylic acids is 1. The van der Waals surface area contributed by atoms with Gasteiger partial charge in [0.1, 0.15) is 5.82 Å². The molecule has 2 unspecified atom stereocenters. The van der Waals surface area contributed by atoms with Crippen molar-refractivity contribution in [2.24, 2.45) is 0 Å². The summed E-state index contributed by atoms with van der Waals surface area (Å²) in [5, 5.41) is -0.245. The third-order valence-corrected chi connectivity index (χ3v) is 5.78. The first kappa shape index (κ1) is 21.2. The molecule has 0 saturated heterocycles. The van der Waals surface area contributed by atoms with Crippen LogP contribution in [0.5, 0.6) is 0 Å². The summed E-state index contributed by atoms with van der Waals surface area (Å²) in [6.07, 6.45) is 0. The predicted molar refractivity (Wildman–Crippen MR) is 99.2 cm³/mol. The van der Waals surface area contributed by atoms with Gasteiger partial charge in [0.25, 0.3) is 5.24 Å². The third-order valence-electron chi connectivity index (χ3n) is 2.88. The number of hydrogen-bond acceptors (Lipinski definition) is 2. The van der Waals surface area contributed by atoms with Crippen molar-refractivity contribution in [3.63, 3.8) is 0 Å². The summed E-state index contributed by atoms with van der Waals surface area (Å²) in [5.41, 5.74) is 0. The molecule has 0 bridgehead atoms. The topological polar surface area (TPSA) is 20.3 Å². The molecular formula is C15H18Cl4FNOS. The zero-order valence-electron chi connectivity index (χ0n) is 12.8. The van der Waals surface area contributed by atoms with Crippen LogP contribution in [0.3, 0.4) is 0 Å². The lowest BCUT2D eigenvalue weighted by Crippen LogP contribution is -2.46. The molecule has 8 heteroatoms. The summed E-state index contributed by atoms with van der Waals surface area (Å²) in [6.45, 7) is 3.95. The summed E-state index contributed by atoms with van der Waals surface area (Å²) >= 11 is 25.3. The molecule has 23 heavy (non-hydrogen) atoms. The molecule has 2 nitrogen and oxygen atoms in total. The number of carbonyl (C=O) groups is 1. The minimum absolute atomic E-state index is 0.180. The highest BCUT2D eigenvalue weighted by atomic mass is 35.5. The number of rotatable bonds is 7. The van der Waals surface area contributed by atoms with Gasteiger partial charge in [-0.15, -0.1) is 46.4 Å². The van der Waals surface area contributed by atoms with Gasteiger partial charge in [-0.1, -0.05) is 0 Å². The van der Waals surface area contributed by atoms with Gasteiger partial charge in [0.2, 0.25) is 0 Å². The van der Waals surface area contributed by atoms with Crippen molar-refractivity contribution >= 4 is 63.4 Å². The van der Waals surface area contributed by atoms with E-state index in [1.807, 2.05) is 0 Å². The molecule has 0 aliphatic heterocycles. The second kappa shape index (κ2) is 9.00. The van der Waals surface area contributed by atoms with Crippen molar-refractivity contribution in [3.05, 3.63) is 30.1 Å². The summed E-state index contributed by atoms with van der Waals surface area (Å²) in [6, 6.07) is 5.68. The SMILES string of the molecule is CC(Cl)(CCl)CN(CC(C)(Cl)CCl)C(=O)Sc1ccc(F)cc1. The van der Waals surface area contributed by atoms with E-state index in [1.165, 1.54) is 17.0 Å². The first-order valence-electron chi connectivity index (χ1n) is 6.81. The van der Waals surface area contributed by atoms with Gasteiger partial charge in [0.05, 0.1) is 9.75 Å².